The predicted octanol–water partition coefficient (Wildman–Crippen LogP) is 2.71. The summed E-state index contributed by atoms with van der Waals surface area (Å²) in [4.78, 5) is 11.9. The van der Waals surface area contributed by atoms with Crippen molar-refractivity contribution in [2.45, 2.75) is 17.7 Å². The first-order chi connectivity index (χ1) is 5.83. The van der Waals surface area contributed by atoms with E-state index in [4.69, 9.17) is 0 Å². The van der Waals surface area contributed by atoms with Gasteiger partial charge in [0.2, 0.25) is 0 Å². The highest BCUT2D eigenvalue weighted by atomic mass is 32.2. The highest BCUT2D eigenvalue weighted by Gasteiger charge is 2.20. The number of carbonyl (C=O) groups is 1. The Morgan fingerprint density at radius 1 is 1.58 bits per heavy atom. The van der Waals surface area contributed by atoms with E-state index in [9.17, 15) is 4.79 Å². The largest absolute Gasteiger partial charge is 0.298 e. The Morgan fingerprint density at radius 3 is 3.17 bits per heavy atom. The van der Waals surface area contributed by atoms with E-state index in [0.717, 1.165) is 17.6 Å². The Balaban J connectivity index is 2.57. The van der Waals surface area contributed by atoms with Gasteiger partial charge in [-0.1, -0.05) is 25.1 Å². The number of benzene rings is 1. The summed E-state index contributed by atoms with van der Waals surface area (Å²) in [5, 5.41) is 0. The van der Waals surface area contributed by atoms with Crippen molar-refractivity contribution in [2.24, 2.45) is 0 Å². The maximum absolute atomic E-state index is 10.7. The fourth-order valence-electron chi connectivity index (χ4n) is 1.52. The average molecular weight is 178 g/mol. The van der Waals surface area contributed by atoms with Crippen LogP contribution in [0.15, 0.2) is 23.1 Å². The van der Waals surface area contributed by atoms with Gasteiger partial charge in [0.1, 0.15) is 0 Å². The van der Waals surface area contributed by atoms with Crippen LogP contribution in [0.3, 0.4) is 0 Å². The fraction of sp³-hybridized carbons (Fsp3) is 0.300. The minimum absolute atomic E-state index is 0.602. The van der Waals surface area contributed by atoms with Crippen LogP contribution in [0, 0.1) is 0 Å². The zero-order valence-electron chi connectivity index (χ0n) is 6.91. The highest BCUT2D eigenvalue weighted by Crippen LogP contribution is 2.40. The van der Waals surface area contributed by atoms with Gasteiger partial charge in [0.15, 0.2) is 6.29 Å². The standard InChI is InChI=1S/C10H10OS/c1-7-6-12-10-8(5-11)3-2-4-9(7)10/h2-5,7H,6H2,1H3. The SMILES string of the molecule is CC1CSc2c(C=O)cccc21. The van der Waals surface area contributed by atoms with Gasteiger partial charge in [0.25, 0.3) is 0 Å². The van der Waals surface area contributed by atoms with Crippen molar-refractivity contribution < 1.29 is 4.79 Å². The summed E-state index contributed by atoms with van der Waals surface area (Å²) < 4.78 is 0. The van der Waals surface area contributed by atoms with E-state index in [2.05, 4.69) is 13.0 Å². The Labute approximate surface area is 76.2 Å². The number of thioether (sulfide) groups is 1. The van der Waals surface area contributed by atoms with E-state index in [-0.39, 0.29) is 0 Å². The van der Waals surface area contributed by atoms with Crippen molar-refractivity contribution in [1.29, 1.82) is 0 Å². The number of rotatable bonds is 1. The van der Waals surface area contributed by atoms with Crippen molar-refractivity contribution in [2.75, 3.05) is 5.75 Å². The second kappa shape index (κ2) is 2.94. The van der Waals surface area contributed by atoms with Gasteiger partial charge in [-0.25, -0.2) is 0 Å². The smallest absolute Gasteiger partial charge is 0.151 e. The van der Waals surface area contributed by atoms with Crippen molar-refractivity contribution >= 4 is 18.0 Å². The Bertz CT molecular complexity index is 320. The molecule has 12 heavy (non-hydrogen) atoms. The lowest BCUT2D eigenvalue weighted by Gasteiger charge is -2.02. The van der Waals surface area contributed by atoms with Crippen LogP contribution in [-0.2, 0) is 0 Å². The molecule has 0 saturated heterocycles. The van der Waals surface area contributed by atoms with Gasteiger partial charge < -0.3 is 0 Å². The molecule has 0 amide bonds. The molecule has 0 bridgehead atoms. The van der Waals surface area contributed by atoms with Gasteiger partial charge in [-0.3, -0.25) is 4.79 Å². The van der Waals surface area contributed by atoms with Crippen LogP contribution in [0.5, 0.6) is 0 Å². The van der Waals surface area contributed by atoms with Gasteiger partial charge in [0.05, 0.1) is 0 Å². The first-order valence-corrected chi connectivity index (χ1v) is 5.02. The predicted molar refractivity (Wildman–Crippen MR) is 51.0 cm³/mol. The third-order valence-electron chi connectivity index (χ3n) is 2.21. The van der Waals surface area contributed by atoms with E-state index in [1.54, 1.807) is 11.8 Å². The quantitative estimate of drug-likeness (QED) is 0.615. The summed E-state index contributed by atoms with van der Waals surface area (Å²) in [7, 11) is 0. The second-order valence-corrected chi connectivity index (χ2v) is 4.13. The van der Waals surface area contributed by atoms with E-state index < -0.39 is 0 Å². The molecular weight excluding hydrogens is 168 g/mol. The minimum Gasteiger partial charge on any atom is -0.298 e. The lowest BCUT2D eigenvalue weighted by Crippen LogP contribution is -1.90. The summed E-state index contributed by atoms with van der Waals surface area (Å²) in [6.07, 6.45) is 0.948. The molecule has 1 aromatic carbocycles. The van der Waals surface area contributed by atoms with Crippen molar-refractivity contribution in [3.8, 4) is 0 Å². The van der Waals surface area contributed by atoms with Crippen LogP contribution in [0.2, 0.25) is 0 Å². The maximum Gasteiger partial charge on any atom is 0.151 e. The molecule has 1 atom stereocenters. The third kappa shape index (κ3) is 1.07. The molecule has 2 heteroatoms. The third-order valence-corrected chi connectivity index (χ3v) is 3.64. The van der Waals surface area contributed by atoms with Gasteiger partial charge in [-0.2, -0.15) is 0 Å². The van der Waals surface area contributed by atoms with Gasteiger partial charge in [-0.05, 0) is 11.5 Å². The van der Waals surface area contributed by atoms with E-state index in [1.807, 2.05) is 12.1 Å². The van der Waals surface area contributed by atoms with Gasteiger partial charge >= 0.3 is 0 Å². The average Bonchev–Trinajstić information content (AvgIpc) is 2.48. The number of aldehydes is 1. The van der Waals surface area contributed by atoms with Crippen LogP contribution in [0.4, 0.5) is 0 Å². The molecule has 0 spiro atoms. The molecule has 1 unspecified atom stereocenters. The Morgan fingerprint density at radius 2 is 2.42 bits per heavy atom. The zero-order valence-corrected chi connectivity index (χ0v) is 7.73. The Hall–Kier alpha value is -0.760. The molecule has 0 saturated carbocycles. The van der Waals surface area contributed by atoms with Crippen molar-refractivity contribution in [3.05, 3.63) is 29.3 Å². The normalized spacial score (nSPS) is 20.6. The lowest BCUT2D eigenvalue weighted by atomic mass is 10.0. The molecule has 1 aromatic rings. The fourth-order valence-corrected chi connectivity index (χ4v) is 2.83. The summed E-state index contributed by atoms with van der Waals surface area (Å²) in [6.45, 7) is 2.20. The monoisotopic (exact) mass is 178 g/mol. The number of fused-ring (bicyclic) bond motifs is 1. The number of hydrogen-bond acceptors (Lipinski definition) is 2. The second-order valence-electron chi connectivity index (χ2n) is 3.10. The molecule has 0 radical (unpaired) electrons. The first kappa shape index (κ1) is 7.87. The highest BCUT2D eigenvalue weighted by molar-refractivity contribution is 7.99. The molecule has 1 heterocycles. The maximum atomic E-state index is 10.7. The van der Waals surface area contributed by atoms with Gasteiger partial charge in [0, 0.05) is 16.2 Å². The molecule has 1 aliphatic heterocycles. The van der Waals surface area contributed by atoms with Gasteiger partial charge in [-0.15, -0.1) is 11.8 Å². The van der Waals surface area contributed by atoms with E-state index >= 15 is 0 Å². The summed E-state index contributed by atoms with van der Waals surface area (Å²) in [5.74, 6) is 1.71. The molecule has 62 valence electrons. The molecule has 0 aliphatic carbocycles. The van der Waals surface area contributed by atoms with E-state index in [1.165, 1.54) is 10.5 Å². The van der Waals surface area contributed by atoms with E-state index in [0.29, 0.717) is 5.92 Å². The summed E-state index contributed by atoms with van der Waals surface area (Å²) in [6, 6.07) is 5.97. The molecule has 0 aromatic heterocycles. The number of carbonyl (C=O) groups excluding carboxylic acids is 1. The van der Waals surface area contributed by atoms with Crippen LogP contribution in [-0.4, -0.2) is 12.0 Å². The molecule has 1 aliphatic rings. The number of hydrogen-bond donors (Lipinski definition) is 0. The minimum atomic E-state index is 0.602. The van der Waals surface area contributed by atoms with Crippen LogP contribution < -0.4 is 0 Å². The van der Waals surface area contributed by atoms with Crippen LogP contribution in [0.25, 0.3) is 0 Å². The molecule has 1 nitrogen and oxygen atoms in total. The zero-order chi connectivity index (χ0) is 8.55. The molecular formula is C10H10OS. The molecule has 0 N–H and O–H groups in total. The van der Waals surface area contributed by atoms with Crippen molar-refractivity contribution in [1.82, 2.24) is 0 Å². The van der Waals surface area contributed by atoms with Crippen LogP contribution in [0.1, 0.15) is 28.8 Å². The first-order valence-electron chi connectivity index (χ1n) is 4.04. The summed E-state index contributed by atoms with van der Waals surface area (Å²) in [5.41, 5.74) is 2.19. The van der Waals surface area contributed by atoms with Crippen LogP contribution >= 0.6 is 11.8 Å². The molecule has 2 rings (SSSR count). The summed E-state index contributed by atoms with van der Waals surface area (Å²) >= 11 is 1.80. The van der Waals surface area contributed by atoms with Crippen molar-refractivity contribution in [3.63, 3.8) is 0 Å². The Kier molecular flexibility index (Phi) is 1.93. The lowest BCUT2D eigenvalue weighted by molar-refractivity contribution is 0.112. The topological polar surface area (TPSA) is 17.1 Å². The molecule has 0 fully saturated rings.